The van der Waals surface area contributed by atoms with Crippen molar-refractivity contribution in [3.05, 3.63) is 0 Å². The Kier molecular flexibility index (Phi) is 9.36. The van der Waals surface area contributed by atoms with Gasteiger partial charge in [0.1, 0.15) is 6.04 Å². The number of aliphatic carboxylic acids is 1. The summed E-state index contributed by atoms with van der Waals surface area (Å²) in [7, 11) is 1.23. The second kappa shape index (κ2) is 10.2. The Balaban J connectivity index is 4.14. The lowest BCUT2D eigenvalue weighted by Crippen LogP contribution is -2.41. The maximum atomic E-state index is 11.7. The molecule has 7 nitrogen and oxygen atoms in total. The maximum Gasteiger partial charge on any atom is 0.326 e. The van der Waals surface area contributed by atoms with E-state index in [0.29, 0.717) is 18.9 Å². The van der Waals surface area contributed by atoms with Crippen molar-refractivity contribution < 1.29 is 24.2 Å². The molecule has 0 radical (unpaired) electrons. The first-order valence-electron chi connectivity index (χ1n) is 6.69. The van der Waals surface area contributed by atoms with Gasteiger partial charge in [-0.15, -0.1) is 0 Å². The number of amides is 1. The van der Waals surface area contributed by atoms with Crippen molar-refractivity contribution in [3.8, 4) is 0 Å². The molecule has 1 unspecified atom stereocenters. The van der Waals surface area contributed by atoms with Gasteiger partial charge >= 0.3 is 11.9 Å². The van der Waals surface area contributed by atoms with Crippen molar-refractivity contribution in [1.82, 2.24) is 5.32 Å². The fourth-order valence-electron chi connectivity index (χ4n) is 1.69. The molecule has 116 valence electrons. The Bertz CT molecular complexity index is 333. The summed E-state index contributed by atoms with van der Waals surface area (Å²) in [6.07, 6.45) is 1.72. The minimum absolute atomic E-state index is 0.0199. The van der Waals surface area contributed by atoms with Gasteiger partial charge in [-0.3, -0.25) is 9.59 Å². The molecule has 0 aliphatic rings. The van der Waals surface area contributed by atoms with E-state index in [9.17, 15) is 14.4 Å². The zero-order valence-electron chi connectivity index (χ0n) is 12.1. The van der Waals surface area contributed by atoms with E-state index in [1.165, 1.54) is 7.11 Å². The Labute approximate surface area is 118 Å². The number of nitrogens with one attached hydrogen (secondary N) is 1. The summed E-state index contributed by atoms with van der Waals surface area (Å²) in [4.78, 5) is 33.6. The number of carbonyl (C=O) groups excluding carboxylic acids is 2. The van der Waals surface area contributed by atoms with Crippen molar-refractivity contribution in [2.45, 2.75) is 45.1 Å². The van der Waals surface area contributed by atoms with E-state index in [0.717, 1.165) is 6.42 Å². The van der Waals surface area contributed by atoms with Gasteiger partial charge in [-0.1, -0.05) is 6.92 Å². The van der Waals surface area contributed by atoms with Gasteiger partial charge in [-0.25, -0.2) is 4.79 Å². The van der Waals surface area contributed by atoms with Crippen LogP contribution in [0.1, 0.15) is 39.0 Å². The van der Waals surface area contributed by atoms with Crippen LogP contribution >= 0.6 is 0 Å². The minimum Gasteiger partial charge on any atom is -0.480 e. The lowest BCUT2D eigenvalue weighted by atomic mass is 10.0. The van der Waals surface area contributed by atoms with Gasteiger partial charge in [0.05, 0.1) is 7.11 Å². The SMILES string of the molecule is COC(=O)CC[C@H](NC(=O)CCC(C)CCN)C(=O)O. The van der Waals surface area contributed by atoms with E-state index >= 15 is 0 Å². The molecule has 0 aromatic rings. The molecule has 0 aliphatic carbocycles. The number of hydrogen-bond acceptors (Lipinski definition) is 5. The highest BCUT2D eigenvalue weighted by atomic mass is 16.5. The highest BCUT2D eigenvalue weighted by Crippen LogP contribution is 2.09. The molecular formula is C13H24N2O5. The third-order valence-electron chi connectivity index (χ3n) is 3.02. The van der Waals surface area contributed by atoms with Crippen LogP contribution < -0.4 is 11.1 Å². The van der Waals surface area contributed by atoms with Crippen LogP contribution in [0.15, 0.2) is 0 Å². The number of nitrogens with two attached hydrogens (primary N) is 1. The summed E-state index contributed by atoms with van der Waals surface area (Å²) in [5.74, 6) is -1.66. The minimum atomic E-state index is -1.16. The highest BCUT2D eigenvalue weighted by molar-refractivity contribution is 5.84. The third kappa shape index (κ3) is 8.47. The average Bonchev–Trinajstić information content (AvgIpc) is 2.40. The second-order valence-electron chi connectivity index (χ2n) is 4.79. The lowest BCUT2D eigenvalue weighted by Gasteiger charge is -2.15. The molecule has 0 heterocycles. The van der Waals surface area contributed by atoms with Gasteiger partial charge in [-0.2, -0.15) is 0 Å². The lowest BCUT2D eigenvalue weighted by molar-refractivity contribution is -0.144. The number of carboxylic acid groups (broad SMARTS) is 1. The molecule has 0 aromatic carbocycles. The number of hydrogen-bond donors (Lipinski definition) is 3. The van der Waals surface area contributed by atoms with Crippen molar-refractivity contribution in [3.63, 3.8) is 0 Å². The summed E-state index contributed by atoms with van der Waals surface area (Å²) in [5.41, 5.74) is 5.42. The molecular weight excluding hydrogens is 264 g/mol. The standard InChI is InChI=1S/C13H24N2O5/c1-9(7-8-14)3-5-11(16)15-10(13(18)19)4-6-12(17)20-2/h9-10H,3-8,14H2,1-2H3,(H,15,16)(H,18,19)/t9?,10-/m0/s1. The summed E-state index contributed by atoms with van der Waals surface area (Å²) in [6, 6.07) is -1.06. The van der Waals surface area contributed by atoms with Crippen LogP contribution in [0.25, 0.3) is 0 Å². The summed E-state index contributed by atoms with van der Waals surface area (Å²) >= 11 is 0. The van der Waals surface area contributed by atoms with Gasteiger partial charge in [0.25, 0.3) is 0 Å². The van der Waals surface area contributed by atoms with Gasteiger partial charge < -0.3 is 20.9 Å². The smallest absolute Gasteiger partial charge is 0.326 e. The fourth-order valence-corrected chi connectivity index (χ4v) is 1.69. The first-order chi connectivity index (χ1) is 9.40. The van der Waals surface area contributed by atoms with Crippen molar-refractivity contribution in [2.75, 3.05) is 13.7 Å². The molecule has 0 aliphatic heterocycles. The Morgan fingerprint density at radius 1 is 1.20 bits per heavy atom. The Hall–Kier alpha value is -1.63. The fraction of sp³-hybridized carbons (Fsp3) is 0.769. The molecule has 0 bridgehead atoms. The topological polar surface area (TPSA) is 119 Å². The molecule has 0 spiro atoms. The van der Waals surface area contributed by atoms with E-state index in [1.54, 1.807) is 0 Å². The van der Waals surface area contributed by atoms with E-state index in [1.807, 2.05) is 6.92 Å². The predicted molar refractivity (Wildman–Crippen MR) is 72.9 cm³/mol. The molecule has 1 amide bonds. The molecule has 0 rings (SSSR count). The number of esters is 1. The second-order valence-corrected chi connectivity index (χ2v) is 4.79. The van der Waals surface area contributed by atoms with Gasteiger partial charge in [0.15, 0.2) is 0 Å². The van der Waals surface area contributed by atoms with Crippen molar-refractivity contribution >= 4 is 17.8 Å². The van der Waals surface area contributed by atoms with Crippen LogP contribution in [-0.2, 0) is 19.1 Å². The van der Waals surface area contributed by atoms with Crippen LogP contribution in [0.3, 0.4) is 0 Å². The number of carboxylic acids is 1. The quantitative estimate of drug-likeness (QED) is 0.497. The van der Waals surface area contributed by atoms with Crippen LogP contribution in [0.2, 0.25) is 0 Å². The first-order valence-corrected chi connectivity index (χ1v) is 6.69. The van der Waals surface area contributed by atoms with E-state index in [2.05, 4.69) is 10.1 Å². The van der Waals surface area contributed by atoms with Crippen LogP contribution in [0.5, 0.6) is 0 Å². The summed E-state index contributed by atoms with van der Waals surface area (Å²) < 4.78 is 4.43. The molecule has 0 saturated carbocycles. The predicted octanol–water partition coefficient (Wildman–Crippen LogP) is 0.274. The number of rotatable bonds is 10. The zero-order valence-corrected chi connectivity index (χ0v) is 12.1. The van der Waals surface area contributed by atoms with Gasteiger partial charge in [0.2, 0.25) is 5.91 Å². The monoisotopic (exact) mass is 288 g/mol. The maximum absolute atomic E-state index is 11.7. The van der Waals surface area contributed by atoms with Crippen LogP contribution in [0.4, 0.5) is 0 Å². The van der Waals surface area contributed by atoms with Crippen molar-refractivity contribution in [1.29, 1.82) is 0 Å². The average molecular weight is 288 g/mol. The summed E-state index contributed by atoms with van der Waals surface area (Å²) in [5, 5.41) is 11.4. The molecule has 2 atom stereocenters. The Morgan fingerprint density at radius 3 is 2.35 bits per heavy atom. The van der Waals surface area contributed by atoms with Crippen LogP contribution in [0, 0.1) is 5.92 Å². The number of methoxy groups -OCH3 is 1. The molecule has 0 saturated heterocycles. The van der Waals surface area contributed by atoms with Crippen LogP contribution in [-0.4, -0.2) is 42.6 Å². The molecule has 20 heavy (non-hydrogen) atoms. The Morgan fingerprint density at radius 2 is 1.85 bits per heavy atom. The largest absolute Gasteiger partial charge is 0.480 e. The molecule has 7 heteroatoms. The van der Waals surface area contributed by atoms with E-state index in [-0.39, 0.29) is 25.2 Å². The summed E-state index contributed by atoms with van der Waals surface area (Å²) in [6.45, 7) is 2.56. The highest BCUT2D eigenvalue weighted by Gasteiger charge is 2.21. The van der Waals surface area contributed by atoms with Crippen molar-refractivity contribution in [2.24, 2.45) is 11.7 Å². The normalized spacial score (nSPS) is 13.3. The van der Waals surface area contributed by atoms with E-state index in [4.69, 9.17) is 10.8 Å². The van der Waals surface area contributed by atoms with Gasteiger partial charge in [-0.05, 0) is 31.7 Å². The zero-order chi connectivity index (χ0) is 15.5. The number of carbonyl (C=O) groups is 3. The van der Waals surface area contributed by atoms with E-state index < -0.39 is 18.0 Å². The number of ether oxygens (including phenoxy) is 1. The third-order valence-corrected chi connectivity index (χ3v) is 3.02. The first kappa shape index (κ1) is 18.4. The molecule has 0 fully saturated rings. The van der Waals surface area contributed by atoms with Gasteiger partial charge in [0, 0.05) is 12.8 Å². The molecule has 4 N–H and O–H groups in total. The molecule has 0 aromatic heterocycles.